The zero-order valence-electron chi connectivity index (χ0n) is 17.5. The molecule has 2 aliphatic carbocycles. The molecule has 2 aliphatic heterocycles. The predicted octanol–water partition coefficient (Wildman–Crippen LogP) is 4.40. The molecular formula is C23H29ClN2O3. The van der Waals surface area contributed by atoms with E-state index in [1.807, 2.05) is 32.2 Å². The number of methoxy groups -OCH3 is 1. The van der Waals surface area contributed by atoms with Gasteiger partial charge in [-0.25, -0.2) is 0 Å². The van der Waals surface area contributed by atoms with Crippen LogP contribution in [0.3, 0.4) is 0 Å². The van der Waals surface area contributed by atoms with Crippen LogP contribution in [-0.2, 0) is 10.2 Å². The van der Waals surface area contributed by atoms with Crippen molar-refractivity contribution < 1.29 is 14.6 Å². The lowest BCUT2D eigenvalue weighted by atomic mass is 9.54. The first-order valence-corrected chi connectivity index (χ1v) is 10.8. The average Bonchev–Trinajstić information content (AvgIpc) is 3.05. The number of piperidine rings is 2. The Morgan fingerprint density at radius 3 is 2.52 bits per heavy atom. The number of halogens is 1. The molecule has 5 nitrogen and oxygen atoms in total. The molecule has 1 amide bonds. The van der Waals surface area contributed by atoms with E-state index in [0.717, 1.165) is 35.7 Å². The van der Waals surface area contributed by atoms with Crippen LogP contribution in [-0.4, -0.2) is 45.7 Å². The van der Waals surface area contributed by atoms with Gasteiger partial charge in [0.1, 0.15) is 5.75 Å². The number of nitrogens with zero attached hydrogens (tertiary/aromatic N) is 1. The maximum Gasteiger partial charge on any atom is 0.233 e. The molecule has 2 unspecified atom stereocenters. The second-order valence-corrected chi connectivity index (χ2v) is 10.8. The smallest absolute Gasteiger partial charge is 0.233 e. The third kappa shape index (κ3) is 2.66. The van der Waals surface area contributed by atoms with Crippen LogP contribution < -0.4 is 4.74 Å². The summed E-state index contributed by atoms with van der Waals surface area (Å²) in [6, 6.07) is 4.01. The highest BCUT2D eigenvalue weighted by atomic mass is 35.5. The van der Waals surface area contributed by atoms with Crippen molar-refractivity contribution in [3.8, 4) is 5.75 Å². The van der Waals surface area contributed by atoms with Crippen molar-refractivity contribution in [1.82, 2.24) is 9.88 Å². The van der Waals surface area contributed by atoms with Crippen LogP contribution in [0.4, 0.5) is 0 Å². The molecule has 2 saturated heterocycles. The Morgan fingerprint density at radius 2 is 1.93 bits per heavy atom. The number of aromatic nitrogens is 1. The van der Waals surface area contributed by atoms with Gasteiger partial charge in [0.2, 0.25) is 5.91 Å². The first-order valence-electron chi connectivity index (χ1n) is 10.5. The molecule has 29 heavy (non-hydrogen) atoms. The van der Waals surface area contributed by atoms with Crippen molar-refractivity contribution in [2.24, 2.45) is 5.41 Å². The molecule has 2 aromatic rings. The first kappa shape index (κ1) is 19.3. The second kappa shape index (κ2) is 5.92. The Morgan fingerprint density at radius 1 is 1.28 bits per heavy atom. The summed E-state index contributed by atoms with van der Waals surface area (Å²) < 4.78 is 5.40. The molecule has 3 heterocycles. The van der Waals surface area contributed by atoms with Gasteiger partial charge in [0.15, 0.2) is 0 Å². The summed E-state index contributed by atoms with van der Waals surface area (Å²) >= 11 is 6.64. The number of rotatable bonds is 3. The SMILES string of the molecule is COc1ccc2[nH]cc(C(C)(C)C(=O)N3C4CC5(C)CC3CC(O)(C4)C5)c2c1Cl. The summed E-state index contributed by atoms with van der Waals surface area (Å²) in [5.74, 6) is 0.728. The van der Waals surface area contributed by atoms with Crippen molar-refractivity contribution in [3.63, 3.8) is 0 Å². The second-order valence-electron chi connectivity index (χ2n) is 10.4. The van der Waals surface area contributed by atoms with Crippen LogP contribution in [0.15, 0.2) is 18.3 Å². The molecule has 0 spiro atoms. The van der Waals surface area contributed by atoms with Gasteiger partial charge in [-0.3, -0.25) is 4.79 Å². The van der Waals surface area contributed by atoms with E-state index in [0.29, 0.717) is 23.6 Å². The average molecular weight is 417 g/mol. The highest BCUT2D eigenvalue weighted by molar-refractivity contribution is 6.37. The van der Waals surface area contributed by atoms with Crippen molar-refractivity contribution in [3.05, 3.63) is 28.9 Å². The summed E-state index contributed by atoms with van der Waals surface area (Å²) in [5, 5.41) is 12.4. The van der Waals surface area contributed by atoms with Crippen molar-refractivity contribution in [2.75, 3.05) is 7.11 Å². The number of aliphatic hydroxyl groups is 1. The lowest BCUT2D eigenvalue weighted by Gasteiger charge is -2.64. The quantitative estimate of drug-likeness (QED) is 0.779. The highest BCUT2D eigenvalue weighted by Crippen LogP contribution is 2.58. The zero-order chi connectivity index (χ0) is 20.8. The van der Waals surface area contributed by atoms with Crippen LogP contribution >= 0.6 is 11.6 Å². The lowest BCUT2D eigenvalue weighted by Crippen LogP contribution is -2.69. The normalized spacial score (nSPS) is 33.5. The first-order chi connectivity index (χ1) is 13.6. The lowest BCUT2D eigenvalue weighted by molar-refractivity contribution is -0.195. The van der Waals surface area contributed by atoms with Crippen molar-refractivity contribution >= 4 is 28.4 Å². The third-order valence-electron chi connectivity index (χ3n) is 7.64. The number of aromatic amines is 1. The van der Waals surface area contributed by atoms with E-state index in [1.54, 1.807) is 7.11 Å². The number of benzene rings is 1. The molecule has 2 atom stereocenters. The van der Waals surface area contributed by atoms with Gasteiger partial charge in [0, 0.05) is 29.2 Å². The largest absolute Gasteiger partial charge is 0.495 e. The van der Waals surface area contributed by atoms with Gasteiger partial charge in [-0.15, -0.1) is 0 Å². The van der Waals surface area contributed by atoms with Gasteiger partial charge in [0.05, 0.1) is 23.1 Å². The molecule has 1 aromatic carbocycles. The van der Waals surface area contributed by atoms with Crippen molar-refractivity contribution in [1.29, 1.82) is 0 Å². The van der Waals surface area contributed by atoms with Gasteiger partial charge in [-0.1, -0.05) is 18.5 Å². The molecule has 0 radical (unpaired) electrons. The van der Waals surface area contributed by atoms with Gasteiger partial charge >= 0.3 is 0 Å². The minimum absolute atomic E-state index is 0.119. The zero-order valence-corrected chi connectivity index (χ0v) is 18.3. The fourth-order valence-corrected chi connectivity index (χ4v) is 7.03. The Hall–Kier alpha value is -1.72. The molecular weight excluding hydrogens is 388 g/mol. The van der Waals surface area contributed by atoms with E-state index < -0.39 is 11.0 Å². The van der Waals surface area contributed by atoms with Crippen LogP contribution in [0.25, 0.3) is 10.9 Å². The predicted molar refractivity (Wildman–Crippen MR) is 113 cm³/mol. The summed E-state index contributed by atoms with van der Waals surface area (Å²) in [6.45, 7) is 6.24. The van der Waals surface area contributed by atoms with Gasteiger partial charge in [0.25, 0.3) is 0 Å². The number of amides is 1. The molecule has 4 aliphatic rings. The number of ether oxygens (including phenoxy) is 1. The third-order valence-corrected chi connectivity index (χ3v) is 8.02. The van der Waals surface area contributed by atoms with Gasteiger partial charge in [-0.2, -0.15) is 0 Å². The minimum atomic E-state index is -0.743. The van der Waals surface area contributed by atoms with E-state index in [9.17, 15) is 9.90 Å². The van der Waals surface area contributed by atoms with E-state index in [1.165, 1.54) is 0 Å². The number of hydrogen-bond acceptors (Lipinski definition) is 3. The molecule has 4 fully saturated rings. The number of hydrogen-bond donors (Lipinski definition) is 2. The van der Waals surface area contributed by atoms with Crippen molar-refractivity contribution in [2.45, 2.75) is 76.0 Å². The summed E-state index contributed by atoms with van der Waals surface area (Å²) in [4.78, 5) is 19.3. The Balaban J connectivity index is 1.55. The maximum absolute atomic E-state index is 13.9. The van der Waals surface area contributed by atoms with Gasteiger partial charge < -0.3 is 19.7 Å². The number of nitrogens with one attached hydrogen (secondary N) is 1. The highest BCUT2D eigenvalue weighted by Gasteiger charge is 2.60. The molecule has 4 bridgehead atoms. The van der Waals surface area contributed by atoms with Crippen LogP contribution in [0.1, 0.15) is 58.4 Å². The van der Waals surface area contributed by atoms with Crippen LogP contribution in [0.2, 0.25) is 5.02 Å². The van der Waals surface area contributed by atoms with Gasteiger partial charge in [-0.05, 0) is 69.1 Å². The Kier molecular flexibility index (Phi) is 3.93. The standard InChI is InChI=1S/C23H29ClN2O3/c1-21(2,15-11-25-16-5-6-17(29-4)19(24)18(15)16)20(27)26-13-7-22(3)8-14(26)10-23(28,9-13)12-22/h5-6,11,13-14,25,28H,7-10,12H2,1-4H3. The van der Waals surface area contributed by atoms with E-state index in [-0.39, 0.29) is 23.4 Å². The van der Waals surface area contributed by atoms with E-state index >= 15 is 0 Å². The molecule has 2 saturated carbocycles. The minimum Gasteiger partial charge on any atom is -0.495 e. The molecule has 6 rings (SSSR count). The molecule has 156 valence electrons. The summed E-state index contributed by atoms with van der Waals surface area (Å²) in [5.41, 5.74) is 0.596. The number of fused-ring (bicyclic) bond motifs is 1. The van der Waals surface area contributed by atoms with Crippen LogP contribution in [0, 0.1) is 5.41 Å². The monoisotopic (exact) mass is 416 g/mol. The topological polar surface area (TPSA) is 65.6 Å². The number of H-pyrrole nitrogens is 1. The number of carbonyl (C=O) groups excluding carboxylic acids is 1. The van der Waals surface area contributed by atoms with Crippen LogP contribution in [0.5, 0.6) is 5.75 Å². The fourth-order valence-electron chi connectivity index (χ4n) is 6.68. The molecule has 1 aromatic heterocycles. The maximum atomic E-state index is 13.9. The molecule has 6 heteroatoms. The fraction of sp³-hybridized carbons (Fsp3) is 0.609. The summed E-state index contributed by atoms with van der Waals surface area (Å²) in [6.07, 6.45) is 6.13. The summed E-state index contributed by atoms with van der Waals surface area (Å²) in [7, 11) is 1.60. The Labute approximate surface area is 176 Å². The molecule has 2 N–H and O–H groups in total. The number of carbonyl (C=O) groups is 1. The van der Waals surface area contributed by atoms with E-state index in [2.05, 4.69) is 16.8 Å². The Bertz CT molecular complexity index is 975. The van der Waals surface area contributed by atoms with E-state index in [4.69, 9.17) is 16.3 Å².